The minimum absolute atomic E-state index is 0.00443. The average Bonchev–Trinajstić information content (AvgIpc) is 2.80. The molecule has 2 heterocycles. The summed E-state index contributed by atoms with van der Waals surface area (Å²) in [6, 6.07) is 4.62. The third-order valence-electron chi connectivity index (χ3n) is 4.87. The molecule has 0 saturated carbocycles. The minimum atomic E-state index is -3.51. The summed E-state index contributed by atoms with van der Waals surface area (Å²) in [7, 11) is -3.51. The van der Waals surface area contributed by atoms with Crippen molar-refractivity contribution in [2.24, 2.45) is 0 Å². The van der Waals surface area contributed by atoms with Crippen LogP contribution in [-0.2, 0) is 21.1 Å². The molecule has 1 aromatic rings. The van der Waals surface area contributed by atoms with Crippen molar-refractivity contribution in [1.29, 1.82) is 0 Å². The van der Waals surface area contributed by atoms with Gasteiger partial charge in [-0.05, 0) is 44.7 Å². The van der Waals surface area contributed by atoms with Gasteiger partial charge in [0.2, 0.25) is 5.91 Å². The Hall–Kier alpha value is -1.70. The van der Waals surface area contributed by atoms with E-state index in [9.17, 15) is 22.0 Å². The summed E-state index contributed by atoms with van der Waals surface area (Å²) in [5.41, 5.74) is 0.990. The monoisotopic (exact) mass is 359 g/mol. The Bertz CT molecular complexity index is 765. The minimum Gasteiger partial charge on any atom is -0.434 e. The highest BCUT2D eigenvalue weighted by atomic mass is 32.2. The number of hydrogen-bond donors (Lipinski definition) is 0. The first-order chi connectivity index (χ1) is 11.3. The van der Waals surface area contributed by atoms with E-state index in [1.165, 1.54) is 24.0 Å². The first kappa shape index (κ1) is 17.1. The SMILES string of the molecule is CC1(C(=O)N2CCCc3c(OC(F)F)cccc32)CCCS1(=O)=O. The van der Waals surface area contributed by atoms with Crippen LogP contribution in [0.3, 0.4) is 0 Å². The van der Waals surface area contributed by atoms with Crippen LogP contribution in [0.25, 0.3) is 0 Å². The molecule has 1 unspecified atom stereocenters. The van der Waals surface area contributed by atoms with Crippen LogP contribution in [0.15, 0.2) is 18.2 Å². The summed E-state index contributed by atoms with van der Waals surface area (Å²) in [5, 5.41) is 0. The van der Waals surface area contributed by atoms with Crippen molar-refractivity contribution in [1.82, 2.24) is 0 Å². The number of nitrogens with zero attached hydrogens (tertiary/aromatic N) is 1. The summed E-state index contributed by atoms with van der Waals surface area (Å²) in [6.07, 6.45) is 1.82. The molecular formula is C16H19F2NO4S. The smallest absolute Gasteiger partial charge is 0.387 e. The number of amides is 1. The Morgan fingerprint density at radius 3 is 2.71 bits per heavy atom. The van der Waals surface area contributed by atoms with Crippen LogP contribution in [0.1, 0.15) is 31.7 Å². The van der Waals surface area contributed by atoms with Crippen molar-refractivity contribution in [3.05, 3.63) is 23.8 Å². The van der Waals surface area contributed by atoms with Gasteiger partial charge < -0.3 is 9.64 Å². The van der Waals surface area contributed by atoms with Gasteiger partial charge in [-0.15, -0.1) is 0 Å². The lowest BCUT2D eigenvalue weighted by atomic mass is 9.97. The molecule has 0 aromatic heterocycles. The molecule has 0 bridgehead atoms. The summed E-state index contributed by atoms with van der Waals surface area (Å²) in [6.45, 7) is -1.11. The van der Waals surface area contributed by atoms with E-state index in [0.717, 1.165) is 0 Å². The van der Waals surface area contributed by atoms with Gasteiger partial charge in [0.25, 0.3) is 0 Å². The Kier molecular flexibility index (Phi) is 4.27. The molecule has 1 atom stereocenters. The van der Waals surface area contributed by atoms with E-state index in [1.54, 1.807) is 6.07 Å². The summed E-state index contributed by atoms with van der Waals surface area (Å²) in [4.78, 5) is 14.4. The van der Waals surface area contributed by atoms with Crippen LogP contribution < -0.4 is 9.64 Å². The van der Waals surface area contributed by atoms with Gasteiger partial charge in [0, 0.05) is 12.1 Å². The highest BCUT2D eigenvalue weighted by molar-refractivity contribution is 7.93. The fourth-order valence-electron chi connectivity index (χ4n) is 3.52. The van der Waals surface area contributed by atoms with Gasteiger partial charge in [-0.3, -0.25) is 4.79 Å². The van der Waals surface area contributed by atoms with Crippen LogP contribution in [0.2, 0.25) is 0 Å². The number of sulfone groups is 1. The molecule has 1 amide bonds. The van der Waals surface area contributed by atoms with E-state index < -0.39 is 27.1 Å². The standard InChI is InChI=1S/C16H19F2NO4S/c1-16(8-4-10-24(16,21)22)14(20)19-9-3-5-11-12(19)6-2-7-13(11)23-15(17)18/h2,6-7,15H,3-5,8-10H2,1H3. The van der Waals surface area contributed by atoms with Gasteiger partial charge in [-0.1, -0.05) is 6.07 Å². The highest BCUT2D eigenvalue weighted by Gasteiger charge is 2.52. The van der Waals surface area contributed by atoms with Crippen molar-refractivity contribution >= 4 is 21.4 Å². The molecule has 1 fully saturated rings. The predicted molar refractivity (Wildman–Crippen MR) is 85.2 cm³/mol. The third-order valence-corrected chi connectivity index (χ3v) is 7.45. The first-order valence-corrected chi connectivity index (χ1v) is 9.52. The topological polar surface area (TPSA) is 63.7 Å². The second-order valence-corrected chi connectivity index (χ2v) is 8.88. The lowest BCUT2D eigenvalue weighted by molar-refractivity contribution is -0.120. The molecule has 1 aromatic carbocycles. The van der Waals surface area contributed by atoms with Crippen molar-refractivity contribution in [3.63, 3.8) is 0 Å². The van der Waals surface area contributed by atoms with E-state index in [4.69, 9.17) is 0 Å². The second-order valence-electron chi connectivity index (χ2n) is 6.35. The number of hydrogen-bond acceptors (Lipinski definition) is 4. The van der Waals surface area contributed by atoms with E-state index >= 15 is 0 Å². The van der Waals surface area contributed by atoms with Crippen molar-refractivity contribution in [2.45, 2.75) is 44.0 Å². The van der Waals surface area contributed by atoms with E-state index in [-0.39, 0.29) is 17.9 Å². The number of ether oxygens (including phenoxy) is 1. The zero-order chi connectivity index (χ0) is 17.5. The Morgan fingerprint density at radius 1 is 1.33 bits per heavy atom. The largest absolute Gasteiger partial charge is 0.434 e. The molecule has 3 rings (SSSR count). The number of rotatable bonds is 3. The van der Waals surface area contributed by atoms with Gasteiger partial charge in [-0.2, -0.15) is 8.78 Å². The summed E-state index contributed by atoms with van der Waals surface area (Å²) in [5.74, 6) is -0.431. The molecule has 0 radical (unpaired) electrons. The third kappa shape index (κ3) is 2.66. The summed E-state index contributed by atoms with van der Waals surface area (Å²) < 4.78 is 52.9. The number of carbonyl (C=O) groups is 1. The normalized spacial score (nSPS) is 25.6. The highest BCUT2D eigenvalue weighted by Crippen LogP contribution is 2.40. The predicted octanol–water partition coefficient (Wildman–Crippen LogP) is 2.53. The number of halogens is 2. The van der Waals surface area contributed by atoms with E-state index in [2.05, 4.69) is 4.74 Å². The Labute approximate surface area is 139 Å². The zero-order valence-electron chi connectivity index (χ0n) is 13.3. The van der Waals surface area contributed by atoms with Crippen LogP contribution in [0.5, 0.6) is 5.75 Å². The fourth-order valence-corrected chi connectivity index (χ4v) is 5.32. The van der Waals surface area contributed by atoms with Gasteiger partial charge in [0.15, 0.2) is 9.84 Å². The molecule has 2 aliphatic rings. The molecule has 132 valence electrons. The van der Waals surface area contributed by atoms with Gasteiger partial charge in [0.05, 0.1) is 11.4 Å². The van der Waals surface area contributed by atoms with Crippen LogP contribution >= 0.6 is 0 Å². The Morgan fingerprint density at radius 2 is 2.08 bits per heavy atom. The quantitative estimate of drug-likeness (QED) is 0.832. The molecule has 0 aliphatic carbocycles. The van der Waals surface area contributed by atoms with Crippen molar-refractivity contribution in [3.8, 4) is 5.75 Å². The van der Waals surface area contributed by atoms with Crippen LogP contribution in [0.4, 0.5) is 14.5 Å². The molecule has 2 aliphatic heterocycles. The molecule has 1 saturated heterocycles. The lowest BCUT2D eigenvalue weighted by Crippen LogP contribution is -2.51. The number of carbonyl (C=O) groups excluding carboxylic acids is 1. The number of alkyl halides is 2. The maximum atomic E-state index is 13.0. The van der Waals surface area contributed by atoms with E-state index in [1.807, 2.05) is 0 Å². The van der Waals surface area contributed by atoms with Crippen molar-refractivity contribution in [2.75, 3.05) is 17.2 Å². The first-order valence-electron chi connectivity index (χ1n) is 7.87. The van der Waals surface area contributed by atoms with Crippen LogP contribution in [0, 0.1) is 0 Å². The summed E-state index contributed by atoms with van der Waals surface area (Å²) >= 11 is 0. The van der Waals surface area contributed by atoms with E-state index in [0.29, 0.717) is 37.1 Å². The average molecular weight is 359 g/mol. The maximum Gasteiger partial charge on any atom is 0.387 e. The fraction of sp³-hybridized carbons (Fsp3) is 0.562. The number of anilines is 1. The van der Waals surface area contributed by atoms with Gasteiger partial charge in [-0.25, -0.2) is 8.42 Å². The maximum absolute atomic E-state index is 13.0. The Balaban J connectivity index is 2.00. The molecule has 24 heavy (non-hydrogen) atoms. The molecule has 8 heteroatoms. The zero-order valence-corrected chi connectivity index (χ0v) is 14.1. The second kappa shape index (κ2) is 5.98. The van der Waals surface area contributed by atoms with Crippen molar-refractivity contribution < 1.29 is 26.7 Å². The molecular weight excluding hydrogens is 340 g/mol. The van der Waals surface area contributed by atoms with Gasteiger partial charge in [0.1, 0.15) is 10.5 Å². The van der Waals surface area contributed by atoms with Crippen LogP contribution in [-0.4, -0.2) is 38.0 Å². The number of fused-ring (bicyclic) bond motifs is 1. The molecule has 5 nitrogen and oxygen atoms in total. The van der Waals surface area contributed by atoms with Gasteiger partial charge >= 0.3 is 6.61 Å². The number of benzene rings is 1. The lowest BCUT2D eigenvalue weighted by Gasteiger charge is -2.35. The molecule has 0 spiro atoms. The molecule has 0 N–H and O–H groups in total.